The predicted octanol–water partition coefficient (Wildman–Crippen LogP) is 2.64. The number of aliphatic hydroxyl groups is 1. The minimum atomic E-state index is -1.52. The van der Waals surface area contributed by atoms with Gasteiger partial charge in [0.15, 0.2) is 17.1 Å². The molecule has 0 bridgehead atoms. The second-order valence-corrected chi connectivity index (χ2v) is 9.45. The summed E-state index contributed by atoms with van der Waals surface area (Å²) in [5.41, 5.74) is -2.86. The minimum absolute atomic E-state index is 0.154. The van der Waals surface area contributed by atoms with E-state index in [1.54, 1.807) is 13.8 Å². The van der Waals surface area contributed by atoms with Gasteiger partial charge in [0.25, 0.3) is 0 Å². The van der Waals surface area contributed by atoms with Crippen molar-refractivity contribution >= 4 is 17.9 Å². The van der Waals surface area contributed by atoms with E-state index in [0.717, 1.165) is 0 Å². The molecule has 10 nitrogen and oxygen atoms in total. The smallest absolute Gasteiger partial charge is 0.338 e. The quantitative estimate of drug-likeness (QED) is 0.151. The molecule has 1 aromatic carbocycles. The van der Waals surface area contributed by atoms with Gasteiger partial charge in [0.05, 0.1) is 18.6 Å². The van der Waals surface area contributed by atoms with Crippen molar-refractivity contribution < 1.29 is 48.7 Å². The van der Waals surface area contributed by atoms with Crippen LogP contribution >= 0.6 is 0 Å². The number of aliphatic hydroxyl groups excluding tert-OH is 1. The Bertz CT molecular complexity index is 881. The van der Waals surface area contributed by atoms with Crippen molar-refractivity contribution in [2.24, 2.45) is 5.41 Å². The molecule has 0 radical (unpaired) electrons. The molecule has 2 unspecified atom stereocenters. The molecule has 0 spiro atoms. The molecule has 1 rings (SSSR count). The summed E-state index contributed by atoms with van der Waals surface area (Å²) in [5.74, 6) is -2.75. The molecule has 0 fully saturated rings. The molecule has 0 aliphatic rings. The molecule has 35 heavy (non-hydrogen) atoms. The molecule has 0 aliphatic heterocycles. The first-order valence-corrected chi connectivity index (χ1v) is 11.5. The van der Waals surface area contributed by atoms with Crippen LogP contribution < -0.4 is 0 Å². The highest BCUT2D eigenvalue weighted by Gasteiger charge is 2.42. The average molecular weight is 499 g/mol. The van der Waals surface area contributed by atoms with Crippen LogP contribution in [0.3, 0.4) is 0 Å². The van der Waals surface area contributed by atoms with Gasteiger partial charge < -0.3 is 34.3 Å². The Labute approximate surface area is 206 Å². The van der Waals surface area contributed by atoms with Gasteiger partial charge in [0.1, 0.15) is 25.2 Å². The zero-order valence-corrected chi connectivity index (χ0v) is 21.4. The van der Waals surface area contributed by atoms with Crippen LogP contribution in [0.4, 0.5) is 0 Å². The van der Waals surface area contributed by atoms with E-state index < -0.39 is 47.7 Å². The summed E-state index contributed by atoms with van der Waals surface area (Å²) in [5, 5.41) is 28.5. The second-order valence-electron chi connectivity index (χ2n) is 9.45. The van der Waals surface area contributed by atoms with Gasteiger partial charge in [-0.05, 0) is 58.2 Å². The molecule has 0 saturated carbocycles. The van der Waals surface area contributed by atoms with Gasteiger partial charge in [-0.2, -0.15) is 0 Å². The van der Waals surface area contributed by atoms with E-state index in [9.17, 15) is 29.7 Å². The predicted molar refractivity (Wildman–Crippen MR) is 126 cm³/mol. The number of rotatable bonds is 14. The molecule has 0 aromatic heterocycles. The van der Waals surface area contributed by atoms with E-state index in [-0.39, 0.29) is 31.1 Å². The van der Waals surface area contributed by atoms with Crippen LogP contribution in [0.5, 0.6) is 11.5 Å². The van der Waals surface area contributed by atoms with Crippen LogP contribution in [0, 0.1) is 5.41 Å². The summed E-state index contributed by atoms with van der Waals surface area (Å²) in [7, 11) is 0. The highest BCUT2D eigenvalue weighted by Crippen LogP contribution is 2.29. The summed E-state index contributed by atoms with van der Waals surface area (Å²) in [6.45, 7) is 8.92. The third-order valence-corrected chi connectivity index (χ3v) is 5.79. The zero-order chi connectivity index (χ0) is 26.9. The van der Waals surface area contributed by atoms with Crippen molar-refractivity contribution in [1.82, 2.24) is 0 Å². The van der Waals surface area contributed by atoms with Crippen molar-refractivity contribution in [3.63, 3.8) is 0 Å². The number of hydrogen-bond acceptors (Lipinski definition) is 10. The van der Waals surface area contributed by atoms with E-state index >= 15 is 0 Å². The normalized spacial score (nSPS) is 14.9. The van der Waals surface area contributed by atoms with Crippen LogP contribution in [-0.4, -0.2) is 70.9 Å². The highest BCUT2D eigenvalue weighted by molar-refractivity contribution is 5.81. The van der Waals surface area contributed by atoms with E-state index in [2.05, 4.69) is 0 Å². The van der Waals surface area contributed by atoms with Gasteiger partial charge in [-0.3, -0.25) is 9.59 Å². The third kappa shape index (κ3) is 9.03. The molecule has 3 N–H and O–H groups in total. The third-order valence-electron chi connectivity index (χ3n) is 5.79. The Hall–Kier alpha value is -2.85. The lowest BCUT2D eigenvalue weighted by Crippen LogP contribution is -2.48. The molecule has 0 saturated heterocycles. The Morgan fingerprint density at radius 3 is 2.03 bits per heavy atom. The summed E-state index contributed by atoms with van der Waals surface area (Å²) in [6.07, 6.45) is 0.877. The highest BCUT2D eigenvalue weighted by atomic mass is 16.6. The maximum Gasteiger partial charge on any atom is 0.338 e. The van der Waals surface area contributed by atoms with E-state index in [4.69, 9.17) is 18.9 Å². The second kappa shape index (κ2) is 12.7. The number of aromatic hydroxyl groups is 2. The van der Waals surface area contributed by atoms with Gasteiger partial charge in [-0.25, -0.2) is 4.79 Å². The number of esters is 3. The van der Waals surface area contributed by atoms with Crippen LogP contribution in [0.2, 0.25) is 0 Å². The first kappa shape index (κ1) is 30.2. The fourth-order valence-corrected chi connectivity index (χ4v) is 2.85. The molecule has 2 atom stereocenters. The standard InChI is InChI=1S/C25H38O10/c1-7-23(3,4)35-25(6,8-2)22(31)34-16-24(5,15-26)21(30)33-12-11-32-20(29)14-17-9-10-18(27)19(28)13-17/h9-10,13,26-28H,7-8,11-12,14-16H2,1-6H3. The lowest BCUT2D eigenvalue weighted by molar-refractivity contribution is -0.196. The molecule has 0 amide bonds. The number of carbonyl (C=O) groups is 3. The van der Waals surface area contributed by atoms with E-state index in [0.29, 0.717) is 18.4 Å². The molecule has 1 aromatic rings. The monoisotopic (exact) mass is 498 g/mol. The SMILES string of the molecule is CCC(C)(C)OC(C)(CC)C(=O)OCC(C)(CO)C(=O)OCCOC(=O)Cc1ccc(O)c(O)c1. The van der Waals surface area contributed by atoms with Crippen molar-refractivity contribution in [1.29, 1.82) is 0 Å². The number of phenols is 2. The molecular weight excluding hydrogens is 460 g/mol. The van der Waals surface area contributed by atoms with Crippen LogP contribution in [0.1, 0.15) is 59.9 Å². The first-order chi connectivity index (χ1) is 16.2. The van der Waals surface area contributed by atoms with E-state index in [1.807, 2.05) is 20.8 Å². The van der Waals surface area contributed by atoms with Gasteiger partial charge in [0, 0.05) is 0 Å². The van der Waals surface area contributed by atoms with Crippen molar-refractivity contribution in [2.45, 2.75) is 72.0 Å². The largest absolute Gasteiger partial charge is 0.504 e. The summed E-state index contributed by atoms with van der Waals surface area (Å²) >= 11 is 0. The Morgan fingerprint density at radius 1 is 0.857 bits per heavy atom. The first-order valence-electron chi connectivity index (χ1n) is 11.5. The topological polar surface area (TPSA) is 149 Å². The Balaban J connectivity index is 2.56. The average Bonchev–Trinajstić information content (AvgIpc) is 2.81. The van der Waals surface area contributed by atoms with Crippen molar-refractivity contribution in [3.05, 3.63) is 23.8 Å². The van der Waals surface area contributed by atoms with Crippen LogP contribution in [0.15, 0.2) is 18.2 Å². The molecular formula is C25H38O10. The fraction of sp³-hybridized carbons (Fsp3) is 0.640. The summed E-state index contributed by atoms with van der Waals surface area (Å²) in [6, 6.07) is 3.95. The van der Waals surface area contributed by atoms with Gasteiger partial charge in [-0.15, -0.1) is 0 Å². The molecule has 10 heteroatoms. The number of carbonyl (C=O) groups excluding carboxylic acids is 3. The lowest BCUT2D eigenvalue weighted by Gasteiger charge is -2.36. The molecule has 198 valence electrons. The molecule has 0 aliphatic carbocycles. The molecule has 0 heterocycles. The Morgan fingerprint density at radius 2 is 1.49 bits per heavy atom. The van der Waals surface area contributed by atoms with Crippen LogP contribution in [-0.2, 0) is 39.8 Å². The summed E-state index contributed by atoms with van der Waals surface area (Å²) < 4.78 is 21.4. The summed E-state index contributed by atoms with van der Waals surface area (Å²) in [4.78, 5) is 37.2. The number of benzene rings is 1. The maximum atomic E-state index is 12.7. The lowest BCUT2D eigenvalue weighted by atomic mass is 9.93. The van der Waals surface area contributed by atoms with Crippen molar-refractivity contribution in [3.8, 4) is 11.5 Å². The number of ether oxygens (including phenoxy) is 4. The maximum absolute atomic E-state index is 12.7. The number of phenolic OH excluding ortho intramolecular Hbond substituents is 2. The van der Waals surface area contributed by atoms with Crippen LogP contribution in [0.25, 0.3) is 0 Å². The minimum Gasteiger partial charge on any atom is -0.504 e. The van der Waals surface area contributed by atoms with Gasteiger partial charge >= 0.3 is 17.9 Å². The fourth-order valence-electron chi connectivity index (χ4n) is 2.85. The van der Waals surface area contributed by atoms with Gasteiger partial charge in [0.2, 0.25) is 0 Å². The number of hydrogen-bond donors (Lipinski definition) is 3. The van der Waals surface area contributed by atoms with Gasteiger partial charge in [-0.1, -0.05) is 19.9 Å². The van der Waals surface area contributed by atoms with Crippen molar-refractivity contribution in [2.75, 3.05) is 26.4 Å². The van der Waals surface area contributed by atoms with E-state index in [1.165, 1.54) is 25.1 Å². The zero-order valence-electron chi connectivity index (χ0n) is 21.4. The Kier molecular flexibility index (Phi) is 11.0.